The number of furan rings is 1. The monoisotopic (exact) mass is 474 g/mol. The van der Waals surface area contributed by atoms with Gasteiger partial charge in [0.1, 0.15) is 11.5 Å². The Morgan fingerprint density at radius 2 is 1.50 bits per heavy atom. The third-order valence-corrected chi connectivity index (χ3v) is 6.66. The van der Waals surface area contributed by atoms with Crippen LogP contribution in [0.3, 0.4) is 0 Å². The summed E-state index contributed by atoms with van der Waals surface area (Å²) in [5.74, 6) is 0.505. The molecule has 3 aromatic carbocycles. The first kappa shape index (κ1) is 22.7. The number of carbonyl (C=O) groups excluding carboxylic acids is 1. The lowest BCUT2D eigenvalue weighted by molar-refractivity contribution is -0.384. The number of nitro groups is 1. The van der Waals surface area contributed by atoms with Crippen molar-refractivity contribution in [2.75, 3.05) is 5.32 Å². The topological polar surface area (TPSA) is 120 Å². The van der Waals surface area contributed by atoms with Crippen LogP contribution in [0.25, 0.3) is 17.4 Å². The molecule has 9 heteroatoms. The molecule has 1 heterocycles. The number of nitrogens with zero attached hydrogens (tertiary/aromatic N) is 1. The zero-order valence-electron chi connectivity index (χ0n) is 17.6. The van der Waals surface area contributed by atoms with Gasteiger partial charge in [-0.15, -0.1) is 0 Å². The van der Waals surface area contributed by atoms with E-state index in [9.17, 15) is 23.3 Å². The van der Waals surface area contributed by atoms with Crippen LogP contribution in [-0.2, 0) is 14.6 Å². The molecule has 0 radical (unpaired) electrons. The summed E-state index contributed by atoms with van der Waals surface area (Å²) in [5, 5.41) is 13.4. The highest BCUT2D eigenvalue weighted by atomic mass is 32.2. The quantitative estimate of drug-likeness (QED) is 0.219. The molecule has 0 atom stereocenters. The molecule has 8 nitrogen and oxygen atoms in total. The summed E-state index contributed by atoms with van der Waals surface area (Å²) in [7, 11) is -3.63. The Kier molecular flexibility index (Phi) is 6.37. The molecule has 1 aromatic heterocycles. The fourth-order valence-electron chi connectivity index (χ4n) is 3.14. The van der Waals surface area contributed by atoms with Crippen molar-refractivity contribution in [1.29, 1.82) is 0 Å². The first-order valence-corrected chi connectivity index (χ1v) is 11.6. The Labute approximate surface area is 195 Å². The molecule has 0 aliphatic carbocycles. The van der Waals surface area contributed by atoms with Crippen molar-refractivity contribution in [3.05, 3.63) is 113 Å². The normalized spacial score (nSPS) is 11.4. The van der Waals surface area contributed by atoms with E-state index in [0.717, 1.165) is 0 Å². The molecule has 1 N–H and O–H groups in total. The van der Waals surface area contributed by atoms with E-state index < -0.39 is 20.7 Å². The summed E-state index contributed by atoms with van der Waals surface area (Å²) < 4.78 is 30.9. The fourth-order valence-corrected chi connectivity index (χ4v) is 4.42. The highest BCUT2D eigenvalue weighted by Gasteiger charge is 2.17. The summed E-state index contributed by atoms with van der Waals surface area (Å²) in [6, 6.07) is 23.3. The van der Waals surface area contributed by atoms with Crippen LogP contribution in [0.1, 0.15) is 5.76 Å². The number of anilines is 1. The predicted molar refractivity (Wildman–Crippen MR) is 127 cm³/mol. The molecule has 34 heavy (non-hydrogen) atoms. The van der Waals surface area contributed by atoms with Gasteiger partial charge in [-0.2, -0.15) is 0 Å². The van der Waals surface area contributed by atoms with Gasteiger partial charge in [0.25, 0.3) is 5.69 Å². The molecular weight excluding hydrogens is 456 g/mol. The molecule has 1 amide bonds. The average Bonchev–Trinajstić information content (AvgIpc) is 3.33. The van der Waals surface area contributed by atoms with Crippen LogP contribution < -0.4 is 5.32 Å². The van der Waals surface area contributed by atoms with Gasteiger partial charge in [0, 0.05) is 29.5 Å². The maximum atomic E-state index is 12.6. The second-order valence-electron chi connectivity index (χ2n) is 7.17. The molecule has 4 aromatic rings. The molecule has 0 unspecified atom stereocenters. The van der Waals surface area contributed by atoms with Gasteiger partial charge < -0.3 is 9.73 Å². The SMILES string of the molecule is O=C(/C=C/c1ccc(-c2ccc([N+](=O)[O-])cc2)o1)Nc1ccc(S(=O)(=O)c2ccccc2)cc1. The smallest absolute Gasteiger partial charge is 0.269 e. The minimum Gasteiger partial charge on any atom is -0.457 e. The third kappa shape index (κ3) is 5.11. The van der Waals surface area contributed by atoms with Crippen molar-refractivity contribution in [3.8, 4) is 11.3 Å². The lowest BCUT2D eigenvalue weighted by Gasteiger charge is -2.06. The van der Waals surface area contributed by atoms with E-state index in [1.165, 1.54) is 60.7 Å². The zero-order chi connectivity index (χ0) is 24.1. The first-order valence-electron chi connectivity index (χ1n) is 10.1. The average molecular weight is 474 g/mol. The highest BCUT2D eigenvalue weighted by molar-refractivity contribution is 7.91. The lowest BCUT2D eigenvalue weighted by Crippen LogP contribution is -2.08. The molecular formula is C25H18N2O6S. The molecule has 0 saturated carbocycles. The van der Waals surface area contributed by atoms with E-state index >= 15 is 0 Å². The molecule has 0 bridgehead atoms. The maximum absolute atomic E-state index is 12.6. The maximum Gasteiger partial charge on any atom is 0.269 e. The largest absolute Gasteiger partial charge is 0.457 e. The zero-order valence-corrected chi connectivity index (χ0v) is 18.4. The number of carbonyl (C=O) groups is 1. The van der Waals surface area contributed by atoms with Crippen LogP contribution in [0.5, 0.6) is 0 Å². The van der Waals surface area contributed by atoms with Gasteiger partial charge in [-0.25, -0.2) is 8.42 Å². The molecule has 0 spiro atoms. The van der Waals surface area contributed by atoms with Crippen LogP contribution in [0.4, 0.5) is 11.4 Å². The number of non-ortho nitro benzene ring substituents is 1. The summed E-state index contributed by atoms with van der Waals surface area (Å²) in [6.45, 7) is 0. The summed E-state index contributed by atoms with van der Waals surface area (Å²) in [4.78, 5) is 22.9. The van der Waals surface area contributed by atoms with Crippen LogP contribution in [-0.4, -0.2) is 19.2 Å². The van der Waals surface area contributed by atoms with Crippen molar-refractivity contribution < 1.29 is 22.6 Å². The molecule has 0 saturated heterocycles. The minimum atomic E-state index is -3.63. The standard InChI is InChI=1S/C25H18N2O6S/c28-25(17-13-21-12-16-24(33-21)18-6-10-20(11-7-18)27(29)30)26-19-8-14-23(15-9-19)34(31,32)22-4-2-1-3-5-22/h1-17H,(H,26,28)/b17-13+. The number of rotatable bonds is 7. The van der Waals surface area contributed by atoms with E-state index in [2.05, 4.69) is 5.32 Å². The van der Waals surface area contributed by atoms with Crippen LogP contribution >= 0.6 is 0 Å². The molecule has 170 valence electrons. The van der Waals surface area contributed by atoms with E-state index in [1.54, 1.807) is 42.5 Å². The van der Waals surface area contributed by atoms with Crippen molar-refractivity contribution >= 4 is 33.2 Å². The molecule has 4 rings (SSSR count). The summed E-state index contributed by atoms with van der Waals surface area (Å²) in [5.41, 5.74) is 1.09. The molecule has 0 fully saturated rings. The van der Waals surface area contributed by atoms with Crippen molar-refractivity contribution in [1.82, 2.24) is 0 Å². The summed E-state index contributed by atoms with van der Waals surface area (Å²) in [6.07, 6.45) is 2.77. The molecule has 0 aliphatic heterocycles. The predicted octanol–water partition coefficient (Wildman–Crippen LogP) is 5.34. The molecule has 0 aliphatic rings. The van der Waals surface area contributed by atoms with E-state index in [4.69, 9.17) is 4.42 Å². The second-order valence-corrected chi connectivity index (χ2v) is 9.12. The van der Waals surface area contributed by atoms with Crippen LogP contribution in [0, 0.1) is 10.1 Å². The minimum absolute atomic E-state index is 0.0159. The number of benzene rings is 3. The Balaban J connectivity index is 1.39. The van der Waals surface area contributed by atoms with Gasteiger partial charge in [0.2, 0.25) is 15.7 Å². The number of amides is 1. The number of nitrogens with one attached hydrogen (secondary N) is 1. The van der Waals surface area contributed by atoms with Gasteiger partial charge in [-0.1, -0.05) is 18.2 Å². The Hall–Kier alpha value is -4.50. The van der Waals surface area contributed by atoms with E-state index in [0.29, 0.717) is 22.8 Å². The van der Waals surface area contributed by atoms with Crippen molar-refractivity contribution in [3.63, 3.8) is 0 Å². The van der Waals surface area contributed by atoms with E-state index in [-0.39, 0.29) is 15.5 Å². The van der Waals surface area contributed by atoms with Gasteiger partial charge in [-0.05, 0) is 66.7 Å². The van der Waals surface area contributed by atoms with Gasteiger partial charge >= 0.3 is 0 Å². The Morgan fingerprint density at radius 1 is 0.853 bits per heavy atom. The van der Waals surface area contributed by atoms with Crippen LogP contribution in [0.2, 0.25) is 0 Å². The number of nitro benzene ring substituents is 1. The third-order valence-electron chi connectivity index (χ3n) is 4.87. The Bertz CT molecular complexity index is 1460. The first-order chi connectivity index (χ1) is 16.3. The van der Waals surface area contributed by atoms with Gasteiger partial charge in [-0.3, -0.25) is 14.9 Å². The number of hydrogen-bond donors (Lipinski definition) is 1. The number of sulfone groups is 1. The van der Waals surface area contributed by atoms with Crippen molar-refractivity contribution in [2.24, 2.45) is 0 Å². The fraction of sp³-hybridized carbons (Fsp3) is 0. The number of hydrogen-bond acceptors (Lipinski definition) is 6. The Morgan fingerprint density at radius 3 is 2.15 bits per heavy atom. The van der Waals surface area contributed by atoms with Gasteiger partial charge in [0.15, 0.2) is 0 Å². The van der Waals surface area contributed by atoms with Crippen molar-refractivity contribution in [2.45, 2.75) is 9.79 Å². The second kappa shape index (κ2) is 9.55. The highest BCUT2D eigenvalue weighted by Crippen LogP contribution is 2.25. The summed E-state index contributed by atoms with van der Waals surface area (Å²) >= 11 is 0. The lowest BCUT2D eigenvalue weighted by atomic mass is 10.1. The van der Waals surface area contributed by atoms with E-state index in [1.807, 2.05) is 0 Å². The van der Waals surface area contributed by atoms with Crippen LogP contribution in [0.15, 0.2) is 111 Å². The van der Waals surface area contributed by atoms with Gasteiger partial charge in [0.05, 0.1) is 14.7 Å².